The Morgan fingerprint density at radius 1 is 1.03 bits per heavy atom. The van der Waals surface area contributed by atoms with Gasteiger partial charge in [-0.25, -0.2) is 14.1 Å². The smallest absolute Gasteiger partial charge is 0.365 e. The molecule has 0 saturated carbocycles. The highest BCUT2D eigenvalue weighted by atomic mass is 32.1. The number of hydrogen-bond donors (Lipinski definition) is 2. The molecule has 0 aliphatic heterocycles. The molecular formula is C27H19F4N5O2S. The van der Waals surface area contributed by atoms with Crippen LogP contribution in [0.1, 0.15) is 37.1 Å². The van der Waals surface area contributed by atoms with Crippen LogP contribution < -0.4 is 11.1 Å². The van der Waals surface area contributed by atoms with Crippen LogP contribution in [0.3, 0.4) is 0 Å². The standard InChI is InChI=1S/C27H19F4N5O2S/c1-13-20(14(2)36(35-13)17-6-4-3-5-7-17)25(38)34-22-21-18(15-8-10-16(28)11-9-15)12-19(27(29,30)31)33-26(21)39-23(22)24(32)37/h3-12H,1-2H3,(H2,32,37)(H,34,38). The minimum absolute atomic E-state index is 0.000186. The number of carbonyl (C=O) groups is 2. The number of fused-ring (bicyclic) bond motifs is 1. The second-order valence-corrected chi connectivity index (χ2v) is 9.66. The van der Waals surface area contributed by atoms with Crippen molar-refractivity contribution in [3.05, 3.63) is 94.0 Å². The van der Waals surface area contributed by atoms with Gasteiger partial charge in [0.25, 0.3) is 11.8 Å². The van der Waals surface area contributed by atoms with Crippen molar-refractivity contribution in [2.45, 2.75) is 20.0 Å². The number of halogens is 4. The number of hydrogen-bond acceptors (Lipinski definition) is 5. The van der Waals surface area contributed by atoms with Crippen LogP contribution in [-0.2, 0) is 6.18 Å². The molecule has 5 aromatic rings. The molecule has 0 aliphatic carbocycles. The summed E-state index contributed by atoms with van der Waals surface area (Å²) in [4.78, 5) is 29.3. The summed E-state index contributed by atoms with van der Waals surface area (Å²) in [5.41, 5.74) is 6.34. The largest absolute Gasteiger partial charge is 0.433 e. The van der Waals surface area contributed by atoms with Gasteiger partial charge in [0.15, 0.2) is 0 Å². The molecule has 3 aromatic heterocycles. The zero-order chi connectivity index (χ0) is 28.1. The fourth-order valence-electron chi connectivity index (χ4n) is 4.36. The Kier molecular flexibility index (Phi) is 6.43. The summed E-state index contributed by atoms with van der Waals surface area (Å²) in [7, 11) is 0. The lowest BCUT2D eigenvalue weighted by Gasteiger charge is -2.13. The zero-order valence-electron chi connectivity index (χ0n) is 20.4. The first-order valence-electron chi connectivity index (χ1n) is 11.5. The number of benzene rings is 2. The maximum atomic E-state index is 13.7. The molecule has 39 heavy (non-hydrogen) atoms. The Morgan fingerprint density at radius 3 is 2.31 bits per heavy atom. The molecule has 0 radical (unpaired) electrons. The molecule has 2 aromatic carbocycles. The van der Waals surface area contributed by atoms with Crippen molar-refractivity contribution in [1.29, 1.82) is 0 Å². The molecule has 0 atom stereocenters. The molecule has 0 fully saturated rings. The van der Waals surface area contributed by atoms with Crippen LogP contribution in [0.4, 0.5) is 23.2 Å². The highest BCUT2D eigenvalue weighted by Crippen LogP contribution is 2.44. The summed E-state index contributed by atoms with van der Waals surface area (Å²) in [5, 5.41) is 7.21. The fourth-order valence-corrected chi connectivity index (χ4v) is 5.37. The number of para-hydroxylation sites is 1. The summed E-state index contributed by atoms with van der Waals surface area (Å²) < 4.78 is 56.4. The highest BCUT2D eigenvalue weighted by Gasteiger charge is 2.35. The molecule has 12 heteroatoms. The number of carbonyl (C=O) groups excluding carboxylic acids is 2. The van der Waals surface area contributed by atoms with E-state index in [-0.39, 0.29) is 37.5 Å². The normalized spacial score (nSPS) is 11.6. The molecule has 0 aliphatic rings. The minimum Gasteiger partial charge on any atom is -0.365 e. The lowest BCUT2D eigenvalue weighted by molar-refractivity contribution is -0.140. The van der Waals surface area contributed by atoms with Gasteiger partial charge in [-0.15, -0.1) is 11.3 Å². The third-order valence-corrected chi connectivity index (χ3v) is 7.19. The van der Waals surface area contributed by atoms with Crippen LogP contribution in [-0.4, -0.2) is 26.6 Å². The second-order valence-electron chi connectivity index (χ2n) is 8.66. The minimum atomic E-state index is -4.80. The van der Waals surface area contributed by atoms with Crippen molar-refractivity contribution in [3.63, 3.8) is 0 Å². The first-order valence-corrected chi connectivity index (χ1v) is 12.3. The monoisotopic (exact) mass is 553 g/mol. The Balaban J connectivity index is 1.70. The highest BCUT2D eigenvalue weighted by molar-refractivity contribution is 7.21. The predicted molar refractivity (Wildman–Crippen MR) is 140 cm³/mol. The Labute approximate surface area is 222 Å². The number of thiophene rings is 1. The number of primary amides is 1. The number of anilines is 1. The lowest BCUT2D eigenvalue weighted by atomic mass is 10.0. The summed E-state index contributed by atoms with van der Waals surface area (Å²) in [6, 6.07) is 14.7. The van der Waals surface area contributed by atoms with Gasteiger partial charge in [0, 0.05) is 5.39 Å². The molecule has 0 bridgehead atoms. The van der Waals surface area contributed by atoms with E-state index in [1.165, 1.54) is 12.1 Å². The van der Waals surface area contributed by atoms with Crippen molar-refractivity contribution < 1.29 is 27.2 Å². The van der Waals surface area contributed by atoms with Gasteiger partial charge in [-0.3, -0.25) is 9.59 Å². The summed E-state index contributed by atoms with van der Waals surface area (Å²) in [6.45, 7) is 3.34. The van der Waals surface area contributed by atoms with Gasteiger partial charge in [-0.05, 0) is 55.3 Å². The van der Waals surface area contributed by atoms with Crippen molar-refractivity contribution in [2.75, 3.05) is 5.32 Å². The molecule has 0 unspecified atom stereocenters. The quantitative estimate of drug-likeness (QED) is 0.250. The van der Waals surface area contributed by atoms with Crippen LogP contribution in [0.25, 0.3) is 27.0 Å². The topological polar surface area (TPSA) is 103 Å². The van der Waals surface area contributed by atoms with Crippen molar-refractivity contribution in [1.82, 2.24) is 14.8 Å². The molecule has 2 amide bonds. The van der Waals surface area contributed by atoms with E-state index in [1.807, 2.05) is 30.3 Å². The number of amides is 2. The van der Waals surface area contributed by atoms with E-state index >= 15 is 0 Å². The average Bonchev–Trinajstić information content (AvgIpc) is 3.40. The molecule has 3 N–H and O–H groups in total. The van der Waals surface area contributed by atoms with Gasteiger partial charge in [-0.2, -0.15) is 18.3 Å². The fraction of sp³-hybridized carbons (Fsp3) is 0.111. The van der Waals surface area contributed by atoms with Crippen molar-refractivity contribution >= 4 is 39.1 Å². The number of alkyl halides is 3. The summed E-state index contributed by atoms with van der Waals surface area (Å²) >= 11 is 0.627. The molecule has 7 nitrogen and oxygen atoms in total. The van der Waals surface area contributed by atoms with Crippen LogP contribution in [0.5, 0.6) is 0 Å². The second kappa shape index (κ2) is 9.62. The molecule has 198 valence electrons. The van der Waals surface area contributed by atoms with Crippen molar-refractivity contribution in [2.24, 2.45) is 5.73 Å². The van der Waals surface area contributed by atoms with E-state index in [4.69, 9.17) is 5.73 Å². The van der Waals surface area contributed by atoms with E-state index in [2.05, 4.69) is 15.4 Å². The first kappa shape index (κ1) is 26.0. The first-order chi connectivity index (χ1) is 18.5. The summed E-state index contributed by atoms with van der Waals surface area (Å²) in [6.07, 6.45) is -4.80. The van der Waals surface area contributed by atoms with Gasteiger partial charge in [0.05, 0.1) is 28.3 Å². The lowest BCUT2D eigenvalue weighted by Crippen LogP contribution is -2.18. The maximum absolute atomic E-state index is 13.7. The number of nitrogens with zero attached hydrogens (tertiary/aromatic N) is 3. The van der Waals surface area contributed by atoms with Gasteiger partial charge in [-0.1, -0.05) is 30.3 Å². The van der Waals surface area contributed by atoms with E-state index < -0.39 is 29.5 Å². The third kappa shape index (κ3) is 4.74. The number of aryl methyl sites for hydroxylation is 1. The number of rotatable bonds is 5. The van der Waals surface area contributed by atoms with Gasteiger partial charge >= 0.3 is 6.18 Å². The van der Waals surface area contributed by atoms with E-state index in [9.17, 15) is 27.2 Å². The van der Waals surface area contributed by atoms with Gasteiger partial charge < -0.3 is 11.1 Å². The number of nitrogens with one attached hydrogen (secondary N) is 1. The Morgan fingerprint density at radius 2 is 1.69 bits per heavy atom. The Bertz CT molecular complexity index is 1740. The van der Waals surface area contributed by atoms with Crippen LogP contribution in [0, 0.1) is 19.7 Å². The molecule has 3 heterocycles. The molecule has 0 saturated heterocycles. The summed E-state index contributed by atoms with van der Waals surface area (Å²) in [5.74, 6) is -2.18. The molecule has 0 spiro atoms. The van der Waals surface area contributed by atoms with Gasteiger partial charge in [0.1, 0.15) is 21.2 Å². The van der Waals surface area contributed by atoms with E-state index in [1.54, 1.807) is 18.5 Å². The van der Waals surface area contributed by atoms with E-state index in [0.717, 1.165) is 23.9 Å². The number of nitrogens with two attached hydrogens (primary N) is 1. The predicted octanol–water partition coefficient (Wildman–Crippen LogP) is 6.27. The van der Waals surface area contributed by atoms with Crippen LogP contribution >= 0.6 is 11.3 Å². The SMILES string of the molecule is Cc1nn(-c2ccccc2)c(C)c1C(=O)Nc1c(C(N)=O)sc2nc(C(F)(F)F)cc(-c3ccc(F)cc3)c12. The molecular weight excluding hydrogens is 534 g/mol. The maximum Gasteiger partial charge on any atom is 0.433 e. The van der Waals surface area contributed by atoms with E-state index in [0.29, 0.717) is 22.7 Å². The number of aromatic nitrogens is 3. The third-order valence-electron chi connectivity index (χ3n) is 6.09. The Hall–Kier alpha value is -4.58. The van der Waals surface area contributed by atoms with Gasteiger partial charge in [0.2, 0.25) is 0 Å². The van der Waals surface area contributed by atoms with Crippen molar-refractivity contribution in [3.8, 4) is 16.8 Å². The average molecular weight is 554 g/mol. The van der Waals surface area contributed by atoms with Crippen LogP contribution in [0.15, 0.2) is 60.7 Å². The molecule has 5 rings (SSSR count). The number of pyridine rings is 1. The van der Waals surface area contributed by atoms with Crippen LogP contribution in [0.2, 0.25) is 0 Å². The zero-order valence-corrected chi connectivity index (χ0v) is 21.2.